The lowest BCUT2D eigenvalue weighted by Gasteiger charge is -2.30. The van der Waals surface area contributed by atoms with Crippen LogP contribution < -0.4 is 5.32 Å². The van der Waals surface area contributed by atoms with Crippen LogP contribution in [-0.4, -0.2) is 27.9 Å². The summed E-state index contributed by atoms with van der Waals surface area (Å²) >= 11 is 0. The number of nitrogens with zero attached hydrogens (tertiary/aromatic N) is 2. The standard InChI is InChI=1S/C16H18F3N3O/c17-16(18,19)15(23)21-13-6-3-4-11(8-13)10-22-14-7-2-1-5-12(14)9-20-22/h1-2,5,7,9,11,13H,3-4,6,8,10H2,(H,21,23). The van der Waals surface area contributed by atoms with Gasteiger partial charge in [-0.15, -0.1) is 0 Å². The summed E-state index contributed by atoms with van der Waals surface area (Å²) in [6, 6.07) is 7.43. The third-order valence-corrected chi connectivity index (χ3v) is 4.36. The minimum Gasteiger partial charge on any atom is -0.346 e. The van der Waals surface area contributed by atoms with Gasteiger partial charge in [-0.2, -0.15) is 18.3 Å². The number of hydrogen-bond donors (Lipinski definition) is 1. The Bertz CT molecular complexity index is 695. The first-order chi connectivity index (χ1) is 10.9. The van der Waals surface area contributed by atoms with Gasteiger partial charge in [-0.25, -0.2) is 0 Å². The van der Waals surface area contributed by atoms with Crippen LogP contribution in [0.25, 0.3) is 10.9 Å². The molecule has 1 amide bonds. The number of carbonyl (C=O) groups is 1. The van der Waals surface area contributed by atoms with Crippen LogP contribution in [0, 0.1) is 5.92 Å². The van der Waals surface area contributed by atoms with Crippen LogP contribution in [0.5, 0.6) is 0 Å². The first kappa shape index (κ1) is 15.8. The Labute approximate surface area is 131 Å². The normalized spacial score (nSPS) is 22.2. The molecule has 0 bridgehead atoms. The molecule has 0 spiro atoms. The van der Waals surface area contributed by atoms with E-state index in [0.29, 0.717) is 19.4 Å². The second-order valence-corrected chi connectivity index (χ2v) is 6.09. The quantitative estimate of drug-likeness (QED) is 0.941. The molecule has 124 valence electrons. The van der Waals surface area contributed by atoms with E-state index in [1.165, 1.54) is 0 Å². The first-order valence-corrected chi connectivity index (χ1v) is 7.72. The van der Waals surface area contributed by atoms with Gasteiger partial charge in [-0.3, -0.25) is 9.48 Å². The summed E-state index contributed by atoms with van der Waals surface area (Å²) in [5.74, 6) is -1.63. The molecular weight excluding hydrogens is 307 g/mol. The van der Waals surface area contributed by atoms with Gasteiger partial charge in [0.25, 0.3) is 0 Å². The SMILES string of the molecule is O=C(NC1CCCC(Cn2ncc3ccccc32)C1)C(F)(F)F. The lowest BCUT2D eigenvalue weighted by Crippen LogP contribution is -2.45. The van der Waals surface area contributed by atoms with E-state index in [-0.39, 0.29) is 5.92 Å². The molecule has 1 aromatic heterocycles. The molecule has 2 atom stereocenters. The molecule has 7 heteroatoms. The zero-order valence-corrected chi connectivity index (χ0v) is 12.5. The number of benzene rings is 1. The van der Waals surface area contributed by atoms with Crippen molar-refractivity contribution < 1.29 is 18.0 Å². The molecule has 23 heavy (non-hydrogen) atoms. The van der Waals surface area contributed by atoms with Crippen molar-refractivity contribution in [1.29, 1.82) is 0 Å². The molecule has 4 nitrogen and oxygen atoms in total. The number of fused-ring (bicyclic) bond motifs is 1. The van der Waals surface area contributed by atoms with E-state index < -0.39 is 18.1 Å². The zero-order valence-electron chi connectivity index (χ0n) is 12.5. The highest BCUT2D eigenvalue weighted by atomic mass is 19.4. The Kier molecular flexibility index (Phi) is 4.28. The highest BCUT2D eigenvalue weighted by molar-refractivity contribution is 5.82. The Hall–Kier alpha value is -2.05. The summed E-state index contributed by atoms with van der Waals surface area (Å²) in [6.45, 7) is 0.659. The van der Waals surface area contributed by atoms with Crippen LogP contribution in [0.15, 0.2) is 30.5 Å². The number of para-hydroxylation sites is 1. The Morgan fingerprint density at radius 1 is 1.30 bits per heavy atom. The summed E-state index contributed by atoms with van der Waals surface area (Å²) in [5.41, 5.74) is 1.02. The van der Waals surface area contributed by atoms with Crippen molar-refractivity contribution in [1.82, 2.24) is 15.1 Å². The molecule has 2 aromatic rings. The fourth-order valence-electron chi connectivity index (χ4n) is 3.27. The zero-order chi connectivity index (χ0) is 16.4. The van der Waals surface area contributed by atoms with Gasteiger partial charge < -0.3 is 5.32 Å². The Morgan fingerprint density at radius 3 is 2.87 bits per heavy atom. The maximum absolute atomic E-state index is 12.4. The molecule has 0 aliphatic heterocycles. The van der Waals surface area contributed by atoms with Gasteiger partial charge in [0, 0.05) is 18.0 Å². The van der Waals surface area contributed by atoms with E-state index in [1.807, 2.05) is 28.9 Å². The highest BCUT2D eigenvalue weighted by Gasteiger charge is 2.40. The molecule has 2 unspecified atom stereocenters. The lowest BCUT2D eigenvalue weighted by molar-refractivity contribution is -0.174. The molecule has 1 N–H and O–H groups in total. The van der Waals surface area contributed by atoms with Crippen LogP contribution in [0.4, 0.5) is 13.2 Å². The number of halogens is 3. The van der Waals surface area contributed by atoms with Gasteiger partial charge in [0.2, 0.25) is 0 Å². The van der Waals surface area contributed by atoms with Crippen molar-refractivity contribution in [3.05, 3.63) is 30.5 Å². The number of nitrogens with one attached hydrogen (secondary N) is 1. The smallest absolute Gasteiger partial charge is 0.346 e. The van der Waals surface area contributed by atoms with E-state index in [0.717, 1.165) is 23.7 Å². The molecule has 3 rings (SSSR count). The molecule has 0 saturated heterocycles. The molecule has 1 aliphatic carbocycles. The van der Waals surface area contributed by atoms with Crippen molar-refractivity contribution in [2.24, 2.45) is 5.92 Å². The number of hydrogen-bond acceptors (Lipinski definition) is 2. The van der Waals surface area contributed by atoms with Crippen LogP contribution in [0.3, 0.4) is 0 Å². The van der Waals surface area contributed by atoms with E-state index in [9.17, 15) is 18.0 Å². The van der Waals surface area contributed by atoms with E-state index in [4.69, 9.17) is 0 Å². The average Bonchev–Trinajstić information content (AvgIpc) is 2.90. The summed E-state index contributed by atoms with van der Waals surface area (Å²) in [7, 11) is 0. The molecule has 1 saturated carbocycles. The summed E-state index contributed by atoms with van der Waals surface area (Å²) < 4.78 is 39.0. The van der Waals surface area contributed by atoms with Crippen molar-refractivity contribution in [2.45, 2.75) is 44.4 Å². The second-order valence-electron chi connectivity index (χ2n) is 6.09. The highest BCUT2D eigenvalue weighted by Crippen LogP contribution is 2.27. The van der Waals surface area contributed by atoms with E-state index in [2.05, 4.69) is 10.4 Å². The Balaban J connectivity index is 1.64. The average molecular weight is 325 g/mol. The monoisotopic (exact) mass is 325 g/mol. The van der Waals surface area contributed by atoms with Crippen molar-refractivity contribution >= 4 is 16.8 Å². The fraction of sp³-hybridized carbons (Fsp3) is 0.500. The molecule has 1 fully saturated rings. The first-order valence-electron chi connectivity index (χ1n) is 7.72. The van der Waals surface area contributed by atoms with E-state index >= 15 is 0 Å². The Morgan fingerprint density at radius 2 is 2.09 bits per heavy atom. The fourth-order valence-corrected chi connectivity index (χ4v) is 3.27. The largest absolute Gasteiger partial charge is 0.471 e. The predicted molar refractivity (Wildman–Crippen MR) is 79.7 cm³/mol. The number of aromatic nitrogens is 2. The maximum Gasteiger partial charge on any atom is 0.471 e. The molecule has 1 heterocycles. The summed E-state index contributed by atoms with van der Waals surface area (Å²) in [6.07, 6.45) is -0.125. The molecule has 1 aliphatic rings. The van der Waals surface area contributed by atoms with Crippen molar-refractivity contribution in [2.75, 3.05) is 0 Å². The van der Waals surface area contributed by atoms with Gasteiger partial charge in [-0.1, -0.05) is 24.6 Å². The van der Waals surface area contributed by atoms with Gasteiger partial charge in [0.1, 0.15) is 0 Å². The van der Waals surface area contributed by atoms with E-state index in [1.54, 1.807) is 6.20 Å². The van der Waals surface area contributed by atoms with Crippen molar-refractivity contribution in [3.8, 4) is 0 Å². The van der Waals surface area contributed by atoms with Crippen LogP contribution in [-0.2, 0) is 11.3 Å². The van der Waals surface area contributed by atoms with Gasteiger partial charge in [-0.05, 0) is 31.2 Å². The maximum atomic E-state index is 12.4. The van der Waals surface area contributed by atoms with Gasteiger partial charge in [0.15, 0.2) is 0 Å². The lowest BCUT2D eigenvalue weighted by atomic mass is 9.85. The number of carbonyl (C=O) groups excluding carboxylic acids is 1. The molecule has 1 aromatic carbocycles. The minimum atomic E-state index is -4.81. The van der Waals surface area contributed by atoms with Crippen LogP contribution in [0.1, 0.15) is 25.7 Å². The minimum absolute atomic E-state index is 0.214. The van der Waals surface area contributed by atoms with Gasteiger partial charge >= 0.3 is 12.1 Å². The van der Waals surface area contributed by atoms with Crippen LogP contribution >= 0.6 is 0 Å². The molecular formula is C16H18F3N3O. The third kappa shape index (κ3) is 3.65. The van der Waals surface area contributed by atoms with Crippen LogP contribution in [0.2, 0.25) is 0 Å². The predicted octanol–water partition coefficient (Wildman–Crippen LogP) is 3.27. The topological polar surface area (TPSA) is 46.9 Å². The summed E-state index contributed by atoms with van der Waals surface area (Å²) in [4.78, 5) is 11.1. The van der Waals surface area contributed by atoms with Crippen molar-refractivity contribution in [3.63, 3.8) is 0 Å². The number of rotatable bonds is 3. The third-order valence-electron chi connectivity index (χ3n) is 4.36. The number of alkyl halides is 3. The van der Waals surface area contributed by atoms with Gasteiger partial charge in [0.05, 0.1) is 11.7 Å². The molecule has 0 radical (unpaired) electrons. The second kappa shape index (κ2) is 6.22. The summed E-state index contributed by atoms with van der Waals surface area (Å²) in [5, 5.41) is 7.52. The number of amides is 1.